The van der Waals surface area contributed by atoms with Crippen LogP contribution in [0.4, 0.5) is 5.69 Å². The maximum atomic E-state index is 5.42. The molecule has 0 radical (unpaired) electrons. The van der Waals surface area contributed by atoms with Crippen LogP contribution in [0.1, 0.15) is 13.8 Å². The van der Waals surface area contributed by atoms with E-state index in [0.717, 1.165) is 5.69 Å². The Morgan fingerprint density at radius 3 is 2.41 bits per heavy atom. The van der Waals surface area contributed by atoms with Crippen LogP contribution in [0.2, 0.25) is 0 Å². The van der Waals surface area contributed by atoms with Crippen LogP contribution in [0.5, 0.6) is 5.88 Å². The number of pyridine rings is 1. The highest BCUT2D eigenvalue weighted by atomic mass is 16.7. The first-order valence-electron chi connectivity index (χ1n) is 5.77. The fourth-order valence-electron chi connectivity index (χ4n) is 1.34. The highest BCUT2D eigenvalue weighted by Crippen LogP contribution is 2.11. The van der Waals surface area contributed by atoms with Crippen molar-refractivity contribution in [1.29, 1.82) is 0 Å². The van der Waals surface area contributed by atoms with Gasteiger partial charge in [0.25, 0.3) is 0 Å². The summed E-state index contributed by atoms with van der Waals surface area (Å²) in [6.45, 7) is 5.75. The number of ether oxygens (including phenoxy) is 3. The van der Waals surface area contributed by atoms with Crippen LogP contribution in [-0.4, -0.2) is 38.1 Å². The predicted molar refractivity (Wildman–Crippen MR) is 66.3 cm³/mol. The van der Waals surface area contributed by atoms with Gasteiger partial charge in [-0.2, -0.15) is 0 Å². The second-order valence-electron chi connectivity index (χ2n) is 3.31. The van der Waals surface area contributed by atoms with Gasteiger partial charge in [-0.15, -0.1) is 0 Å². The molecule has 0 bridgehead atoms. The van der Waals surface area contributed by atoms with Crippen molar-refractivity contribution in [2.45, 2.75) is 20.1 Å². The molecule has 0 fully saturated rings. The average Bonchev–Trinajstić information content (AvgIpc) is 2.37. The van der Waals surface area contributed by atoms with Crippen molar-refractivity contribution >= 4 is 5.69 Å². The lowest BCUT2D eigenvalue weighted by Gasteiger charge is -2.17. The van der Waals surface area contributed by atoms with Crippen LogP contribution >= 0.6 is 0 Å². The summed E-state index contributed by atoms with van der Waals surface area (Å²) in [6, 6.07) is 3.71. The van der Waals surface area contributed by atoms with Crippen LogP contribution < -0.4 is 10.1 Å². The van der Waals surface area contributed by atoms with Gasteiger partial charge in [-0.1, -0.05) is 0 Å². The second kappa shape index (κ2) is 7.86. The van der Waals surface area contributed by atoms with Gasteiger partial charge in [0.2, 0.25) is 5.88 Å². The van der Waals surface area contributed by atoms with E-state index < -0.39 is 0 Å². The Bertz CT molecular complexity index is 297. The highest BCUT2D eigenvalue weighted by molar-refractivity contribution is 5.41. The molecule has 0 saturated heterocycles. The van der Waals surface area contributed by atoms with Gasteiger partial charge in [-0.05, 0) is 19.9 Å². The number of rotatable bonds is 8. The van der Waals surface area contributed by atoms with E-state index in [1.165, 1.54) is 0 Å². The smallest absolute Gasteiger partial charge is 0.213 e. The normalized spacial score (nSPS) is 10.6. The molecule has 5 heteroatoms. The summed E-state index contributed by atoms with van der Waals surface area (Å²) in [6.07, 6.45) is 1.49. The maximum absolute atomic E-state index is 5.42. The fraction of sp³-hybridized carbons (Fsp3) is 0.583. The first-order chi connectivity index (χ1) is 8.30. The summed E-state index contributed by atoms with van der Waals surface area (Å²) in [5, 5.41) is 3.20. The van der Waals surface area contributed by atoms with Gasteiger partial charge < -0.3 is 19.5 Å². The van der Waals surface area contributed by atoms with E-state index >= 15 is 0 Å². The summed E-state index contributed by atoms with van der Waals surface area (Å²) in [5.74, 6) is 0.599. The summed E-state index contributed by atoms with van der Waals surface area (Å²) in [7, 11) is 1.59. The molecule has 1 heterocycles. The Hall–Kier alpha value is -1.33. The molecule has 5 nitrogen and oxygen atoms in total. The molecule has 0 saturated carbocycles. The van der Waals surface area contributed by atoms with Crippen LogP contribution in [-0.2, 0) is 9.47 Å². The lowest BCUT2D eigenvalue weighted by Crippen LogP contribution is -2.26. The Labute approximate surface area is 102 Å². The minimum absolute atomic E-state index is 0.230. The number of nitrogens with one attached hydrogen (secondary N) is 1. The molecule has 1 rings (SSSR count). The van der Waals surface area contributed by atoms with Crippen LogP contribution in [0.3, 0.4) is 0 Å². The van der Waals surface area contributed by atoms with Crippen molar-refractivity contribution in [3.05, 3.63) is 18.3 Å². The summed E-state index contributed by atoms with van der Waals surface area (Å²) < 4.78 is 15.8. The van der Waals surface area contributed by atoms with Crippen LogP contribution in [0, 0.1) is 0 Å². The summed E-state index contributed by atoms with van der Waals surface area (Å²) in [5.41, 5.74) is 0.912. The molecule has 0 spiro atoms. The SMILES string of the molecule is CCOC(CNc1ccc(OC)nc1)OCC. The van der Waals surface area contributed by atoms with Gasteiger partial charge in [-0.3, -0.25) is 0 Å². The van der Waals surface area contributed by atoms with Crippen LogP contribution in [0.25, 0.3) is 0 Å². The number of nitrogens with zero attached hydrogens (tertiary/aromatic N) is 1. The molecule has 0 aliphatic heterocycles. The molecule has 0 amide bonds. The summed E-state index contributed by atoms with van der Waals surface area (Å²) >= 11 is 0. The van der Waals surface area contributed by atoms with Gasteiger partial charge >= 0.3 is 0 Å². The third kappa shape index (κ3) is 5.01. The molecule has 0 atom stereocenters. The molecule has 17 heavy (non-hydrogen) atoms. The third-order valence-electron chi connectivity index (χ3n) is 2.12. The van der Waals surface area contributed by atoms with Crippen LogP contribution in [0.15, 0.2) is 18.3 Å². The standard InChI is InChI=1S/C12H20N2O3/c1-4-16-12(17-5-2)9-13-10-6-7-11(15-3)14-8-10/h6-8,12-13H,4-5,9H2,1-3H3. The third-order valence-corrected chi connectivity index (χ3v) is 2.12. The van der Waals surface area contributed by atoms with Gasteiger partial charge in [0, 0.05) is 19.3 Å². The number of hydrogen-bond acceptors (Lipinski definition) is 5. The molecular weight excluding hydrogens is 220 g/mol. The molecule has 0 unspecified atom stereocenters. The van der Waals surface area contributed by atoms with Gasteiger partial charge in [0.05, 0.1) is 25.5 Å². The summed E-state index contributed by atoms with van der Waals surface area (Å²) in [4.78, 5) is 4.10. The molecule has 0 aliphatic carbocycles. The molecule has 0 aliphatic rings. The van der Waals surface area contributed by atoms with E-state index in [1.54, 1.807) is 19.4 Å². The van der Waals surface area contributed by atoms with Crippen molar-refractivity contribution in [2.75, 3.05) is 32.2 Å². The zero-order chi connectivity index (χ0) is 12.5. The maximum Gasteiger partial charge on any atom is 0.213 e. The van der Waals surface area contributed by atoms with Crippen molar-refractivity contribution in [3.63, 3.8) is 0 Å². The van der Waals surface area contributed by atoms with Crippen molar-refractivity contribution in [1.82, 2.24) is 4.98 Å². The fourth-order valence-corrected chi connectivity index (χ4v) is 1.34. The zero-order valence-corrected chi connectivity index (χ0v) is 10.6. The van der Waals surface area contributed by atoms with E-state index in [2.05, 4.69) is 10.3 Å². The number of anilines is 1. The number of methoxy groups -OCH3 is 1. The van der Waals surface area contributed by atoms with E-state index in [0.29, 0.717) is 25.6 Å². The van der Waals surface area contributed by atoms with E-state index in [-0.39, 0.29) is 6.29 Å². The first kappa shape index (κ1) is 13.7. The van der Waals surface area contributed by atoms with Gasteiger partial charge in [-0.25, -0.2) is 4.98 Å². The molecular formula is C12H20N2O3. The molecule has 1 aromatic heterocycles. The Balaban J connectivity index is 2.41. The monoisotopic (exact) mass is 240 g/mol. The molecule has 0 aromatic carbocycles. The first-order valence-corrected chi connectivity index (χ1v) is 5.77. The van der Waals surface area contributed by atoms with E-state index in [9.17, 15) is 0 Å². The predicted octanol–water partition coefficient (Wildman–Crippen LogP) is 1.90. The van der Waals surface area contributed by atoms with Crippen molar-refractivity contribution in [2.24, 2.45) is 0 Å². The van der Waals surface area contributed by atoms with Gasteiger partial charge in [0.1, 0.15) is 0 Å². The minimum atomic E-state index is -0.230. The number of hydrogen-bond donors (Lipinski definition) is 1. The second-order valence-corrected chi connectivity index (χ2v) is 3.31. The highest BCUT2D eigenvalue weighted by Gasteiger charge is 2.07. The molecule has 1 aromatic rings. The topological polar surface area (TPSA) is 52.6 Å². The van der Waals surface area contributed by atoms with Crippen molar-refractivity contribution < 1.29 is 14.2 Å². The average molecular weight is 240 g/mol. The van der Waals surface area contributed by atoms with Crippen molar-refractivity contribution in [3.8, 4) is 5.88 Å². The lowest BCUT2D eigenvalue weighted by atomic mass is 10.4. The number of aromatic nitrogens is 1. The molecule has 96 valence electrons. The Morgan fingerprint density at radius 1 is 1.24 bits per heavy atom. The van der Waals surface area contributed by atoms with E-state index in [1.807, 2.05) is 19.9 Å². The lowest BCUT2D eigenvalue weighted by molar-refractivity contribution is -0.126. The van der Waals surface area contributed by atoms with E-state index in [4.69, 9.17) is 14.2 Å². The Morgan fingerprint density at radius 2 is 1.94 bits per heavy atom. The largest absolute Gasteiger partial charge is 0.481 e. The quantitative estimate of drug-likeness (QED) is 0.703. The Kier molecular flexibility index (Phi) is 6.35. The zero-order valence-electron chi connectivity index (χ0n) is 10.6. The molecule has 1 N–H and O–H groups in total. The minimum Gasteiger partial charge on any atom is -0.481 e. The van der Waals surface area contributed by atoms with Gasteiger partial charge in [0.15, 0.2) is 6.29 Å².